The zero-order chi connectivity index (χ0) is 20.9. The molecule has 0 atom stereocenters. The number of sulfonamides is 1. The molecule has 29 heavy (non-hydrogen) atoms. The molecule has 1 aliphatic rings. The number of aryl methyl sites for hydroxylation is 2. The first-order chi connectivity index (χ1) is 13.7. The monoisotopic (exact) mass is 418 g/mol. The smallest absolute Gasteiger partial charge is 0.330 e. The Morgan fingerprint density at radius 2 is 1.76 bits per heavy atom. The van der Waals surface area contributed by atoms with Crippen molar-refractivity contribution in [1.82, 2.24) is 23.4 Å². The third-order valence-corrected chi connectivity index (χ3v) is 7.08. The van der Waals surface area contributed by atoms with Gasteiger partial charge < -0.3 is 14.5 Å². The van der Waals surface area contributed by atoms with Gasteiger partial charge in [0.25, 0.3) is 5.56 Å². The summed E-state index contributed by atoms with van der Waals surface area (Å²) < 4.78 is 29.2. The van der Waals surface area contributed by atoms with Gasteiger partial charge in [-0.05, 0) is 24.6 Å². The number of aromatic amines is 1. The second-order valence-corrected chi connectivity index (χ2v) is 9.13. The molecule has 1 saturated heterocycles. The van der Waals surface area contributed by atoms with E-state index in [1.807, 2.05) is 30.0 Å². The average molecular weight is 418 g/mol. The van der Waals surface area contributed by atoms with Crippen molar-refractivity contribution in [3.8, 4) is 0 Å². The van der Waals surface area contributed by atoms with Crippen LogP contribution in [0, 0.1) is 6.92 Å². The molecule has 2 aromatic heterocycles. The second-order valence-electron chi connectivity index (χ2n) is 7.22. The zero-order valence-electron chi connectivity index (χ0n) is 16.4. The molecule has 3 aromatic rings. The van der Waals surface area contributed by atoms with E-state index in [0.29, 0.717) is 19.0 Å². The topological polar surface area (TPSA) is 113 Å². The van der Waals surface area contributed by atoms with Crippen LogP contribution in [0.25, 0.3) is 11.0 Å². The predicted octanol–water partition coefficient (Wildman–Crippen LogP) is -0.220. The molecule has 1 fully saturated rings. The van der Waals surface area contributed by atoms with E-state index in [9.17, 15) is 18.0 Å². The molecular formula is C18H22N6O4S. The van der Waals surface area contributed by atoms with Crippen LogP contribution in [-0.2, 0) is 24.1 Å². The lowest BCUT2D eigenvalue weighted by Crippen LogP contribution is -2.50. The van der Waals surface area contributed by atoms with Crippen molar-refractivity contribution in [3.63, 3.8) is 0 Å². The van der Waals surface area contributed by atoms with E-state index < -0.39 is 26.2 Å². The highest BCUT2D eigenvalue weighted by Crippen LogP contribution is 2.21. The largest absolute Gasteiger partial charge is 0.340 e. The third-order valence-electron chi connectivity index (χ3n) is 5.20. The molecule has 0 aliphatic carbocycles. The number of piperazine rings is 1. The number of fused-ring (bicyclic) bond motifs is 1. The van der Waals surface area contributed by atoms with Gasteiger partial charge >= 0.3 is 5.69 Å². The molecule has 154 valence electrons. The minimum atomic E-state index is -4.01. The number of nitrogens with one attached hydrogen (secondary N) is 1. The van der Waals surface area contributed by atoms with Gasteiger partial charge in [0, 0.05) is 46.5 Å². The first-order valence-corrected chi connectivity index (χ1v) is 10.6. The summed E-state index contributed by atoms with van der Waals surface area (Å²) in [5, 5.41) is 0. The summed E-state index contributed by atoms with van der Waals surface area (Å²) in [5.74, 6) is 0.695. The molecule has 4 rings (SSSR count). The van der Waals surface area contributed by atoms with Crippen molar-refractivity contribution in [1.29, 1.82) is 0 Å². The van der Waals surface area contributed by atoms with E-state index in [0.717, 1.165) is 31.9 Å². The molecule has 0 radical (unpaired) electrons. The van der Waals surface area contributed by atoms with Crippen molar-refractivity contribution >= 4 is 27.0 Å². The fourth-order valence-corrected chi connectivity index (χ4v) is 5.06. The quantitative estimate of drug-likeness (QED) is 0.629. The second kappa shape index (κ2) is 6.85. The maximum Gasteiger partial charge on any atom is 0.330 e. The van der Waals surface area contributed by atoms with Crippen LogP contribution in [0.3, 0.4) is 0 Å². The first-order valence-electron chi connectivity index (χ1n) is 9.16. The summed E-state index contributed by atoms with van der Waals surface area (Å²) in [5.41, 5.74) is 1.53. The van der Waals surface area contributed by atoms with Gasteiger partial charge in [-0.2, -0.15) is 4.31 Å². The van der Waals surface area contributed by atoms with Crippen LogP contribution in [0.2, 0.25) is 0 Å². The fraction of sp³-hybridized carbons (Fsp3) is 0.389. The van der Waals surface area contributed by atoms with E-state index in [4.69, 9.17) is 0 Å². The number of anilines is 1. The Bertz CT molecular complexity index is 1310. The van der Waals surface area contributed by atoms with Crippen molar-refractivity contribution in [2.75, 3.05) is 31.1 Å². The molecule has 0 saturated carbocycles. The van der Waals surface area contributed by atoms with Crippen LogP contribution in [0.1, 0.15) is 5.56 Å². The minimum Gasteiger partial charge on any atom is -0.340 e. The van der Waals surface area contributed by atoms with Crippen LogP contribution in [0.4, 0.5) is 5.95 Å². The Morgan fingerprint density at radius 3 is 2.45 bits per heavy atom. The van der Waals surface area contributed by atoms with Gasteiger partial charge in [-0.3, -0.25) is 9.36 Å². The number of rotatable bonds is 3. The minimum absolute atomic E-state index is 0.213. The molecule has 0 bridgehead atoms. The van der Waals surface area contributed by atoms with Crippen molar-refractivity contribution in [2.24, 2.45) is 14.1 Å². The van der Waals surface area contributed by atoms with Gasteiger partial charge in [-0.25, -0.2) is 18.2 Å². The summed E-state index contributed by atoms with van der Waals surface area (Å²) >= 11 is 0. The van der Waals surface area contributed by atoms with Crippen LogP contribution in [-0.4, -0.2) is 58.0 Å². The zero-order valence-corrected chi connectivity index (χ0v) is 17.2. The van der Waals surface area contributed by atoms with Crippen molar-refractivity contribution in [2.45, 2.75) is 11.8 Å². The fourth-order valence-electron chi connectivity index (χ4n) is 3.49. The van der Waals surface area contributed by atoms with Gasteiger partial charge in [0.05, 0.1) is 11.0 Å². The molecule has 0 unspecified atom stereocenters. The SMILES string of the molecule is Cc1ccc2nc(N3CCN(S(=O)(=O)c4cn(C)c(=O)n(C)c4=O)CC3)[nH]c2c1. The predicted molar refractivity (Wildman–Crippen MR) is 109 cm³/mol. The van der Waals surface area contributed by atoms with E-state index in [2.05, 4.69) is 9.97 Å². The maximum atomic E-state index is 13.0. The van der Waals surface area contributed by atoms with E-state index in [1.54, 1.807) is 0 Å². The summed E-state index contributed by atoms with van der Waals surface area (Å²) in [4.78, 5) is 33.7. The highest BCUT2D eigenvalue weighted by atomic mass is 32.2. The van der Waals surface area contributed by atoms with Crippen molar-refractivity contribution in [3.05, 3.63) is 50.8 Å². The Hall–Kier alpha value is -2.92. The number of imidazole rings is 1. The Kier molecular flexibility index (Phi) is 4.58. The summed E-state index contributed by atoms with van der Waals surface area (Å²) in [6, 6.07) is 5.95. The number of H-pyrrole nitrogens is 1. The number of hydrogen-bond donors (Lipinski definition) is 1. The average Bonchev–Trinajstić information content (AvgIpc) is 3.12. The first kappa shape index (κ1) is 19.4. The number of nitrogens with zero attached hydrogens (tertiary/aromatic N) is 5. The standard InChI is InChI=1S/C18H22N6O4S/c1-12-4-5-13-14(10-12)20-17(19-13)23-6-8-24(9-7-23)29(27,28)15-11-21(2)18(26)22(3)16(15)25/h4-5,10-11H,6-9H2,1-3H3,(H,19,20). The van der Waals surface area contributed by atoms with E-state index in [1.165, 1.54) is 18.4 Å². The lowest BCUT2D eigenvalue weighted by atomic mass is 10.2. The summed E-state index contributed by atoms with van der Waals surface area (Å²) in [6.07, 6.45) is 1.09. The molecule has 1 N–H and O–H groups in total. The Balaban J connectivity index is 1.57. The third kappa shape index (κ3) is 3.25. The van der Waals surface area contributed by atoms with E-state index >= 15 is 0 Å². The molecule has 1 aromatic carbocycles. The van der Waals surface area contributed by atoms with Crippen LogP contribution in [0.5, 0.6) is 0 Å². The molecular weight excluding hydrogens is 396 g/mol. The molecule has 1 aliphatic heterocycles. The van der Waals surface area contributed by atoms with Gasteiger partial charge in [-0.1, -0.05) is 6.07 Å². The molecule has 0 amide bonds. The highest BCUT2D eigenvalue weighted by molar-refractivity contribution is 7.89. The molecule has 3 heterocycles. The maximum absolute atomic E-state index is 13.0. The van der Waals surface area contributed by atoms with Crippen LogP contribution in [0.15, 0.2) is 38.9 Å². The Morgan fingerprint density at radius 1 is 1.07 bits per heavy atom. The summed E-state index contributed by atoms with van der Waals surface area (Å²) in [7, 11) is -1.32. The number of aromatic nitrogens is 4. The van der Waals surface area contributed by atoms with Crippen molar-refractivity contribution < 1.29 is 8.42 Å². The number of benzene rings is 1. The van der Waals surface area contributed by atoms with Gasteiger partial charge in [-0.15, -0.1) is 0 Å². The molecule has 10 nitrogen and oxygen atoms in total. The van der Waals surface area contributed by atoms with Gasteiger partial charge in [0.1, 0.15) is 0 Å². The normalized spacial score (nSPS) is 15.9. The molecule has 0 spiro atoms. The summed E-state index contributed by atoms with van der Waals surface area (Å²) in [6.45, 7) is 3.30. The lowest BCUT2D eigenvalue weighted by Gasteiger charge is -2.33. The number of hydrogen-bond acceptors (Lipinski definition) is 6. The lowest BCUT2D eigenvalue weighted by molar-refractivity contribution is 0.381. The van der Waals surface area contributed by atoms with Gasteiger partial charge in [0.15, 0.2) is 4.90 Å². The Labute approximate surface area is 167 Å². The van der Waals surface area contributed by atoms with Gasteiger partial charge in [0.2, 0.25) is 16.0 Å². The molecule has 11 heteroatoms. The van der Waals surface area contributed by atoms with Crippen LogP contribution < -0.4 is 16.1 Å². The highest BCUT2D eigenvalue weighted by Gasteiger charge is 2.32. The van der Waals surface area contributed by atoms with E-state index in [-0.39, 0.29) is 13.1 Å². The van der Waals surface area contributed by atoms with Crippen LogP contribution >= 0.6 is 0 Å².